The largest absolute Gasteiger partial charge is 0.480 e. The van der Waals surface area contributed by atoms with Crippen molar-refractivity contribution < 1.29 is 15.0 Å². The van der Waals surface area contributed by atoms with E-state index in [2.05, 4.69) is 25.3 Å². The predicted molar refractivity (Wildman–Crippen MR) is 80.3 cm³/mol. The van der Waals surface area contributed by atoms with Crippen molar-refractivity contribution in [2.75, 3.05) is 18.9 Å². The number of aromatic nitrogens is 4. The summed E-state index contributed by atoms with van der Waals surface area (Å²) in [6, 6.07) is -0.597. The molecule has 2 rings (SSSR count). The molecule has 0 aromatic carbocycles. The molecule has 0 aliphatic carbocycles. The molecule has 0 aliphatic rings. The number of carboxylic acid groups (broad SMARTS) is 1. The Bertz CT molecular complexity index is 652. The van der Waals surface area contributed by atoms with E-state index in [4.69, 9.17) is 15.9 Å². The molecule has 1 unspecified atom stereocenters. The number of nitrogens with two attached hydrogens (primary N) is 1. The Kier molecular flexibility index (Phi) is 6.99. The van der Waals surface area contributed by atoms with Crippen molar-refractivity contribution in [3.05, 3.63) is 16.7 Å². The van der Waals surface area contributed by atoms with Gasteiger partial charge in [-0.25, -0.2) is 4.98 Å². The number of aliphatic hydroxyl groups excluding tert-OH is 1. The number of nitrogens with one attached hydrogen (secondary N) is 3. The Hall–Kier alpha value is -2.46. The van der Waals surface area contributed by atoms with E-state index in [1.54, 1.807) is 0 Å². The molecule has 0 radical (unpaired) electrons. The van der Waals surface area contributed by atoms with E-state index < -0.39 is 12.0 Å². The van der Waals surface area contributed by atoms with E-state index in [-0.39, 0.29) is 24.5 Å². The Labute approximate surface area is 125 Å². The molecule has 2 aromatic heterocycles. The van der Waals surface area contributed by atoms with Gasteiger partial charge in [0.15, 0.2) is 11.2 Å². The van der Waals surface area contributed by atoms with Crippen LogP contribution in [0.1, 0.15) is 19.8 Å². The zero-order valence-corrected chi connectivity index (χ0v) is 12.2. The number of hydrogen-bond acceptors (Lipinski definition) is 7. The second kappa shape index (κ2) is 8.74. The first-order valence-electron chi connectivity index (χ1n) is 6.75. The third kappa shape index (κ3) is 5.14. The molecular formula is C12H20N6O4. The van der Waals surface area contributed by atoms with Gasteiger partial charge in [0.05, 0.1) is 6.33 Å². The number of imidazole rings is 1. The van der Waals surface area contributed by atoms with Gasteiger partial charge < -0.3 is 26.2 Å². The third-order valence-electron chi connectivity index (χ3n) is 2.67. The molecule has 22 heavy (non-hydrogen) atoms. The van der Waals surface area contributed by atoms with Crippen LogP contribution in [0, 0.1) is 0 Å². The number of anilines is 1. The molecule has 0 spiro atoms. The van der Waals surface area contributed by atoms with Gasteiger partial charge in [-0.2, -0.15) is 4.98 Å². The Morgan fingerprint density at radius 1 is 1.55 bits per heavy atom. The second-order valence-corrected chi connectivity index (χ2v) is 4.41. The minimum Gasteiger partial charge on any atom is -0.480 e. The maximum atomic E-state index is 11.0. The Balaban J connectivity index is 0.000000220. The summed E-state index contributed by atoms with van der Waals surface area (Å²) in [4.78, 5) is 34.0. The van der Waals surface area contributed by atoms with Gasteiger partial charge in [0, 0.05) is 6.61 Å². The van der Waals surface area contributed by atoms with E-state index in [9.17, 15) is 9.59 Å². The van der Waals surface area contributed by atoms with Crippen LogP contribution in [0.4, 0.5) is 5.95 Å². The number of H-pyrrole nitrogens is 2. The normalized spacial score (nSPS) is 11.7. The van der Waals surface area contributed by atoms with Crippen molar-refractivity contribution in [1.29, 1.82) is 0 Å². The van der Waals surface area contributed by atoms with Crippen LogP contribution in [-0.4, -0.2) is 55.3 Å². The van der Waals surface area contributed by atoms with Crippen molar-refractivity contribution >= 4 is 23.1 Å². The number of aliphatic carboxylic acids is 1. The Morgan fingerprint density at radius 3 is 2.86 bits per heavy atom. The summed E-state index contributed by atoms with van der Waals surface area (Å²) >= 11 is 0. The lowest BCUT2D eigenvalue weighted by atomic mass is 10.2. The lowest BCUT2D eigenvalue weighted by Gasteiger charge is -2.11. The zero-order chi connectivity index (χ0) is 16.5. The summed E-state index contributed by atoms with van der Waals surface area (Å²) in [5.74, 6) is -0.817. The second-order valence-electron chi connectivity index (χ2n) is 4.41. The van der Waals surface area contributed by atoms with Crippen LogP contribution in [0.2, 0.25) is 0 Å². The zero-order valence-electron chi connectivity index (χ0n) is 12.2. The molecule has 0 bridgehead atoms. The van der Waals surface area contributed by atoms with Gasteiger partial charge in [-0.1, -0.05) is 6.92 Å². The molecule has 0 fully saturated rings. The van der Waals surface area contributed by atoms with Crippen LogP contribution < -0.4 is 16.6 Å². The molecule has 0 saturated heterocycles. The lowest BCUT2D eigenvalue weighted by molar-refractivity contribution is -0.139. The Morgan fingerprint density at radius 2 is 2.27 bits per heavy atom. The van der Waals surface area contributed by atoms with Crippen LogP contribution in [0.3, 0.4) is 0 Å². The summed E-state index contributed by atoms with van der Waals surface area (Å²) in [5, 5.41) is 19.8. The number of aromatic amines is 2. The average molecular weight is 312 g/mol. The van der Waals surface area contributed by atoms with Gasteiger partial charge in [-0.15, -0.1) is 0 Å². The van der Waals surface area contributed by atoms with E-state index in [0.29, 0.717) is 17.7 Å². The summed E-state index contributed by atoms with van der Waals surface area (Å²) < 4.78 is 0. The van der Waals surface area contributed by atoms with Gasteiger partial charge in [-0.3, -0.25) is 14.6 Å². The van der Waals surface area contributed by atoms with E-state index in [0.717, 1.165) is 6.42 Å². The van der Waals surface area contributed by atoms with Crippen molar-refractivity contribution in [2.45, 2.75) is 25.8 Å². The predicted octanol–water partition coefficient (Wildman–Crippen LogP) is -0.950. The quantitative estimate of drug-likeness (QED) is 0.396. The fourth-order valence-electron chi connectivity index (χ4n) is 1.62. The van der Waals surface area contributed by atoms with Crippen LogP contribution in [0.15, 0.2) is 11.1 Å². The third-order valence-corrected chi connectivity index (χ3v) is 2.67. The van der Waals surface area contributed by atoms with Gasteiger partial charge in [0.25, 0.3) is 5.56 Å². The molecule has 7 N–H and O–H groups in total. The summed E-state index contributed by atoms with van der Waals surface area (Å²) in [6.45, 7) is 2.55. The molecule has 1 atom stereocenters. The highest BCUT2D eigenvalue weighted by Crippen LogP contribution is 1.98. The van der Waals surface area contributed by atoms with E-state index in [1.165, 1.54) is 6.33 Å². The number of nitrogen functional groups attached to an aromatic ring is 1. The maximum absolute atomic E-state index is 11.0. The standard InChI is InChI=1S/C7H15NO3.C5H5N5O/c1-2-4-8-6(3-5-9)7(10)11;6-5-9-3-2(4(11)10-5)7-1-8-3/h6,8-9H,2-5H2,1H3,(H,10,11);1H,(H4,6,7,8,9,10,11). The van der Waals surface area contributed by atoms with Crippen molar-refractivity contribution in [3.8, 4) is 0 Å². The SMILES string of the molecule is CCCNC(CCO)C(=O)O.Nc1nc2nc[nH]c2c(=O)[nH]1. The monoisotopic (exact) mass is 312 g/mol. The van der Waals surface area contributed by atoms with Crippen LogP contribution in [0.5, 0.6) is 0 Å². The molecule has 10 heteroatoms. The number of aliphatic hydroxyl groups is 1. The maximum Gasteiger partial charge on any atom is 0.320 e. The minimum atomic E-state index is -0.896. The van der Waals surface area contributed by atoms with E-state index in [1.807, 2.05) is 6.92 Å². The fourth-order valence-corrected chi connectivity index (χ4v) is 1.62. The van der Waals surface area contributed by atoms with Gasteiger partial charge in [-0.05, 0) is 19.4 Å². The molecule has 10 nitrogen and oxygen atoms in total. The number of nitrogens with zero attached hydrogens (tertiary/aromatic N) is 2. The molecule has 122 valence electrons. The van der Waals surface area contributed by atoms with Gasteiger partial charge >= 0.3 is 5.97 Å². The topological polar surface area (TPSA) is 170 Å². The van der Waals surface area contributed by atoms with Crippen LogP contribution in [-0.2, 0) is 4.79 Å². The number of carboxylic acids is 1. The number of fused-ring (bicyclic) bond motifs is 1. The number of hydrogen-bond donors (Lipinski definition) is 6. The van der Waals surface area contributed by atoms with Crippen LogP contribution in [0.25, 0.3) is 11.2 Å². The number of carbonyl (C=O) groups is 1. The highest BCUT2D eigenvalue weighted by Gasteiger charge is 2.14. The summed E-state index contributed by atoms with van der Waals surface area (Å²) in [6.07, 6.45) is 2.57. The first kappa shape index (κ1) is 17.6. The molecule has 0 saturated carbocycles. The van der Waals surface area contributed by atoms with Crippen molar-refractivity contribution in [2.24, 2.45) is 0 Å². The highest BCUT2D eigenvalue weighted by atomic mass is 16.4. The highest BCUT2D eigenvalue weighted by molar-refractivity contribution is 5.73. The van der Waals surface area contributed by atoms with E-state index >= 15 is 0 Å². The summed E-state index contributed by atoms with van der Waals surface area (Å²) in [5.41, 5.74) is 5.65. The molecular weight excluding hydrogens is 292 g/mol. The molecule has 2 heterocycles. The first-order chi connectivity index (χ1) is 10.5. The van der Waals surface area contributed by atoms with Gasteiger partial charge in [0.2, 0.25) is 5.95 Å². The van der Waals surface area contributed by atoms with Gasteiger partial charge in [0.1, 0.15) is 6.04 Å². The number of rotatable bonds is 6. The van der Waals surface area contributed by atoms with Crippen LogP contribution >= 0.6 is 0 Å². The average Bonchev–Trinajstić information content (AvgIpc) is 2.92. The van der Waals surface area contributed by atoms with Crippen molar-refractivity contribution in [1.82, 2.24) is 25.3 Å². The van der Waals surface area contributed by atoms with Crippen molar-refractivity contribution in [3.63, 3.8) is 0 Å². The molecule has 0 amide bonds. The lowest BCUT2D eigenvalue weighted by Crippen LogP contribution is -2.37. The molecule has 2 aromatic rings. The first-order valence-corrected chi connectivity index (χ1v) is 6.75. The smallest absolute Gasteiger partial charge is 0.320 e. The summed E-state index contributed by atoms with van der Waals surface area (Å²) in [7, 11) is 0. The fraction of sp³-hybridized carbons (Fsp3) is 0.500. The molecule has 0 aliphatic heterocycles. The minimum absolute atomic E-state index is 0.0783.